The molecule has 0 aliphatic heterocycles. The van der Waals surface area contributed by atoms with Crippen molar-refractivity contribution < 1.29 is 42.7 Å². The van der Waals surface area contributed by atoms with E-state index in [1.807, 2.05) is 24.3 Å². The van der Waals surface area contributed by atoms with Crippen LogP contribution in [0.1, 0.15) is 18.4 Å². The zero-order chi connectivity index (χ0) is 28.6. The number of nitrogens with zero attached hydrogens (tertiary/aromatic N) is 2. The molecule has 0 aliphatic rings. The lowest BCUT2D eigenvalue weighted by atomic mass is 10.1. The van der Waals surface area contributed by atoms with Crippen LogP contribution >= 0.6 is 19.4 Å². The summed E-state index contributed by atoms with van der Waals surface area (Å²) in [6, 6.07) is 12.4. The maximum Gasteiger partial charge on any atom is 0.469 e. The lowest BCUT2D eigenvalue weighted by Crippen LogP contribution is -2.43. The molecule has 11 nitrogen and oxygen atoms in total. The highest BCUT2D eigenvalue weighted by atomic mass is 35.5. The number of carbonyl (C=O) groups is 2. The largest absolute Gasteiger partial charge is 0.469 e. The van der Waals surface area contributed by atoms with Crippen molar-refractivity contribution in [3.63, 3.8) is 0 Å². The van der Waals surface area contributed by atoms with E-state index in [0.29, 0.717) is 5.56 Å². The molecule has 2 atom stereocenters. The van der Waals surface area contributed by atoms with Crippen LogP contribution in [0.15, 0.2) is 54.7 Å². The normalized spacial score (nSPS) is 13.1. The number of hydrogen-bond donors (Lipinski definition) is 4. The summed E-state index contributed by atoms with van der Waals surface area (Å²) in [6.07, 6.45) is -0.850. The van der Waals surface area contributed by atoms with E-state index in [1.54, 1.807) is 18.3 Å². The smallest absolute Gasteiger partial charge is 0.447 e. The van der Waals surface area contributed by atoms with Crippen LogP contribution in [0.3, 0.4) is 0 Å². The molecule has 3 rings (SSSR count). The predicted molar refractivity (Wildman–Crippen MR) is 142 cm³/mol. The molecule has 14 heteroatoms. The molecule has 1 aromatic heterocycles. The zero-order valence-electron chi connectivity index (χ0n) is 20.9. The lowest BCUT2D eigenvalue weighted by molar-refractivity contribution is -0.133. The Balaban J connectivity index is 1.64. The SMILES string of the molecule is CN(C(=O)CCc1cccc(F)c1Cl)[C@H](COC(=O)Nc1cc2ccccc2cn1)C[C@@H](O)COP(=O)(O)O. The summed E-state index contributed by atoms with van der Waals surface area (Å²) in [5.74, 6) is -0.799. The average molecular weight is 584 g/mol. The second kappa shape index (κ2) is 13.8. The van der Waals surface area contributed by atoms with Crippen molar-refractivity contribution in [2.75, 3.05) is 25.6 Å². The molecular formula is C25H28ClFN3O8P. The third-order valence-corrected chi connectivity index (χ3v) is 6.74. The standard InChI is InChI=1S/C25H28ClFN3O8P/c1-30(23(32)10-9-16-7-4-8-21(27)24(16)26)19(12-20(31)15-38-39(34,35)36)14-37-25(33)29-22-11-17-5-2-3-6-18(17)13-28-22/h2-8,11,13,19-20,31H,9-10,12,14-15H2,1H3,(H,28,29,33)(H2,34,35,36)/t19-,20+/m0/s1. The highest BCUT2D eigenvalue weighted by Crippen LogP contribution is 2.36. The molecule has 0 saturated carbocycles. The molecule has 0 bridgehead atoms. The Hall–Kier alpha value is -3.12. The fourth-order valence-electron chi connectivity index (χ4n) is 3.73. The number of aliphatic hydroxyl groups is 1. The number of carbonyl (C=O) groups excluding carboxylic acids is 2. The molecule has 3 aromatic rings. The minimum Gasteiger partial charge on any atom is -0.447 e. The van der Waals surface area contributed by atoms with Crippen molar-refractivity contribution in [3.05, 3.63) is 71.1 Å². The number of aryl methyl sites for hydroxylation is 1. The molecule has 0 fully saturated rings. The van der Waals surface area contributed by atoms with Crippen LogP contribution in [0.5, 0.6) is 0 Å². The Kier molecular flexibility index (Phi) is 10.8. The topological polar surface area (TPSA) is 159 Å². The molecule has 0 aliphatic carbocycles. The van der Waals surface area contributed by atoms with Crippen LogP contribution in [-0.2, 0) is 25.0 Å². The van der Waals surface area contributed by atoms with E-state index in [9.17, 15) is 23.7 Å². The summed E-state index contributed by atoms with van der Waals surface area (Å²) in [5, 5.41) is 14.4. The number of hydrogen-bond acceptors (Lipinski definition) is 7. The fourth-order valence-corrected chi connectivity index (χ4v) is 4.32. The van der Waals surface area contributed by atoms with Crippen molar-refractivity contribution in [2.45, 2.75) is 31.4 Å². The number of benzene rings is 2. The van der Waals surface area contributed by atoms with Crippen molar-refractivity contribution in [3.8, 4) is 0 Å². The number of anilines is 1. The molecule has 4 N–H and O–H groups in total. The van der Waals surface area contributed by atoms with Crippen LogP contribution in [0.2, 0.25) is 5.02 Å². The highest BCUT2D eigenvalue weighted by Gasteiger charge is 2.26. The van der Waals surface area contributed by atoms with Gasteiger partial charge < -0.3 is 24.5 Å². The van der Waals surface area contributed by atoms with Crippen molar-refractivity contribution >= 4 is 48.0 Å². The van der Waals surface area contributed by atoms with Gasteiger partial charge in [0.15, 0.2) is 0 Å². The Labute approximate surface area is 228 Å². The van der Waals surface area contributed by atoms with Gasteiger partial charge in [0, 0.05) is 25.1 Å². The number of ether oxygens (including phenoxy) is 1. The average Bonchev–Trinajstić information content (AvgIpc) is 2.89. The van der Waals surface area contributed by atoms with Crippen LogP contribution in [0.25, 0.3) is 10.8 Å². The first-order valence-corrected chi connectivity index (χ1v) is 13.7. The lowest BCUT2D eigenvalue weighted by Gasteiger charge is -2.29. The summed E-state index contributed by atoms with van der Waals surface area (Å²) in [5.41, 5.74) is 0.434. The van der Waals surface area contributed by atoms with E-state index in [0.717, 1.165) is 10.8 Å². The number of pyridine rings is 1. The Bertz CT molecular complexity index is 1360. The zero-order valence-corrected chi connectivity index (χ0v) is 22.5. The van der Waals surface area contributed by atoms with Gasteiger partial charge in [0.25, 0.3) is 0 Å². The van der Waals surface area contributed by atoms with Gasteiger partial charge >= 0.3 is 13.9 Å². The molecule has 0 radical (unpaired) electrons. The number of halogens is 2. The number of rotatable bonds is 12. The van der Waals surface area contributed by atoms with Crippen LogP contribution < -0.4 is 5.32 Å². The fraction of sp³-hybridized carbons (Fsp3) is 0.320. The second-order valence-corrected chi connectivity index (χ2v) is 10.3. The molecule has 1 heterocycles. The molecule has 39 heavy (non-hydrogen) atoms. The number of phosphoric ester groups is 1. The van der Waals surface area contributed by atoms with Gasteiger partial charge in [0.05, 0.1) is 23.8 Å². The monoisotopic (exact) mass is 583 g/mol. The number of amides is 2. The van der Waals surface area contributed by atoms with E-state index >= 15 is 0 Å². The number of fused-ring (bicyclic) bond motifs is 1. The molecule has 2 aromatic carbocycles. The van der Waals surface area contributed by atoms with E-state index < -0.39 is 44.4 Å². The second-order valence-electron chi connectivity index (χ2n) is 8.69. The summed E-state index contributed by atoms with van der Waals surface area (Å²) in [4.78, 5) is 48.5. The van der Waals surface area contributed by atoms with Gasteiger partial charge in [-0.05, 0) is 35.9 Å². The predicted octanol–water partition coefficient (Wildman–Crippen LogP) is 3.90. The number of nitrogens with one attached hydrogen (secondary N) is 1. The van der Waals surface area contributed by atoms with Gasteiger partial charge in [-0.3, -0.25) is 14.6 Å². The summed E-state index contributed by atoms with van der Waals surface area (Å²) in [7, 11) is -3.41. The highest BCUT2D eigenvalue weighted by molar-refractivity contribution is 7.46. The molecule has 2 amide bonds. The van der Waals surface area contributed by atoms with E-state index in [1.165, 1.54) is 24.1 Å². The van der Waals surface area contributed by atoms with Gasteiger partial charge in [0.1, 0.15) is 18.2 Å². The maximum absolute atomic E-state index is 13.7. The molecule has 0 unspecified atom stereocenters. The molecule has 0 spiro atoms. The van der Waals surface area contributed by atoms with Crippen molar-refractivity contribution in [1.29, 1.82) is 0 Å². The van der Waals surface area contributed by atoms with E-state index in [4.69, 9.17) is 26.1 Å². The summed E-state index contributed by atoms with van der Waals surface area (Å²) < 4.78 is 34.3. The number of aromatic nitrogens is 1. The number of aliphatic hydroxyl groups excluding tert-OH is 1. The molecule has 210 valence electrons. The Morgan fingerprint density at radius 2 is 1.87 bits per heavy atom. The first-order chi connectivity index (χ1) is 18.4. The van der Waals surface area contributed by atoms with Crippen LogP contribution in [0, 0.1) is 5.82 Å². The summed E-state index contributed by atoms with van der Waals surface area (Å²) >= 11 is 5.96. The first-order valence-electron chi connectivity index (χ1n) is 11.8. The maximum atomic E-state index is 13.7. The Morgan fingerprint density at radius 1 is 1.15 bits per heavy atom. The van der Waals surface area contributed by atoms with Gasteiger partial charge in [-0.15, -0.1) is 0 Å². The minimum atomic E-state index is -4.83. The van der Waals surface area contributed by atoms with Crippen molar-refractivity contribution in [1.82, 2.24) is 9.88 Å². The third kappa shape index (κ3) is 9.54. The quantitative estimate of drug-likeness (QED) is 0.232. The van der Waals surface area contributed by atoms with Crippen LogP contribution in [-0.4, -0.2) is 69.2 Å². The Morgan fingerprint density at radius 3 is 2.59 bits per heavy atom. The molecular weight excluding hydrogens is 556 g/mol. The van der Waals surface area contributed by atoms with E-state index in [2.05, 4.69) is 14.8 Å². The van der Waals surface area contributed by atoms with Gasteiger partial charge in [-0.2, -0.15) is 0 Å². The van der Waals surface area contributed by atoms with E-state index in [-0.39, 0.29) is 36.7 Å². The van der Waals surface area contributed by atoms with Gasteiger partial charge in [-0.25, -0.2) is 18.7 Å². The van der Waals surface area contributed by atoms with Gasteiger partial charge in [0.2, 0.25) is 5.91 Å². The van der Waals surface area contributed by atoms with Crippen molar-refractivity contribution in [2.24, 2.45) is 0 Å². The number of likely N-dealkylation sites (N-methyl/N-ethyl adjacent to an activating group) is 1. The first kappa shape index (κ1) is 30.4. The summed E-state index contributed by atoms with van der Waals surface area (Å²) in [6.45, 7) is -1.08. The third-order valence-electron chi connectivity index (χ3n) is 5.83. The number of phosphoric acid groups is 1. The minimum absolute atomic E-state index is 0.0710. The molecule has 0 saturated heterocycles. The van der Waals surface area contributed by atoms with Crippen LogP contribution in [0.4, 0.5) is 15.0 Å². The van der Waals surface area contributed by atoms with Gasteiger partial charge in [-0.1, -0.05) is 48.0 Å².